The van der Waals surface area contributed by atoms with Crippen LogP contribution in [-0.4, -0.2) is 10.9 Å². The molecule has 0 fully saturated rings. The molecule has 1 aromatic heterocycles. The van der Waals surface area contributed by atoms with E-state index < -0.39 is 11.7 Å². The molecule has 0 aliphatic heterocycles. The minimum Gasteiger partial charge on any atom is -0.489 e. The number of rotatable bonds is 7. The van der Waals surface area contributed by atoms with Crippen molar-refractivity contribution in [1.82, 2.24) is 10.3 Å². The van der Waals surface area contributed by atoms with Crippen LogP contribution in [0, 0.1) is 17.5 Å². The molecule has 32 heavy (non-hydrogen) atoms. The van der Waals surface area contributed by atoms with Crippen molar-refractivity contribution in [2.75, 3.05) is 0 Å². The Hall–Kier alpha value is -3.65. The highest BCUT2D eigenvalue weighted by Crippen LogP contribution is 2.29. The number of ether oxygens (including phenoxy) is 1. The van der Waals surface area contributed by atoms with Crippen molar-refractivity contribution in [3.63, 3.8) is 0 Å². The summed E-state index contributed by atoms with van der Waals surface area (Å²) in [5, 5.41) is 4.60. The maximum atomic E-state index is 14.6. The molecule has 0 aliphatic carbocycles. The number of carbonyl (C=O) groups is 1. The molecule has 162 valence electrons. The number of nitrogens with one attached hydrogen (secondary N) is 1. The van der Waals surface area contributed by atoms with E-state index in [1.807, 2.05) is 0 Å². The molecule has 0 unspecified atom stereocenters. The van der Waals surface area contributed by atoms with E-state index in [1.165, 1.54) is 36.4 Å². The first-order valence-electron chi connectivity index (χ1n) is 9.63. The maximum absolute atomic E-state index is 14.6. The molecule has 4 aromatic rings. The van der Waals surface area contributed by atoms with E-state index in [4.69, 9.17) is 4.74 Å². The number of hydrogen-bond acceptors (Lipinski definition) is 4. The van der Waals surface area contributed by atoms with Crippen LogP contribution in [0.5, 0.6) is 5.75 Å². The molecule has 0 aliphatic rings. The van der Waals surface area contributed by atoms with Crippen LogP contribution in [0.1, 0.15) is 21.6 Å². The fourth-order valence-corrected chi connectivity index (χ4v) is 3.76. The summed E-state index contributed by atoms with van der Waals surface area (Å²) in [7, 11) is 0. The predicted molar refractivity (Wildman–Crippen MR) is 116 cm³/mol. The molecule has 3 aromatic carbocycles. The topological polar surface area (TPSA) is 51.2 Å². The molecule has 0 atom stereocenters. The van der Waals surface area contributed by atoms with Crippen molar-refractivity contribution in [1.29, 1.82) is 0 Å². The largest absolute Gasteiger partial charge is 0.489 e. The highest BCUT2D eigenvalue weighted by molar-refractivity contribution is 7.13. The highest BCUT2D eigenvalue weighted by Gasteiger charge is 2.15. The summed E-state index contributed by atoms with van der Waals surface area (Å²) >= 11 is 1.14. The van der Waals surface area contributed by atoms with Crippen molar-refractivity contribution in [2.24, 2.45) is 0 Å². The fourth-order valence-electron chi connectivity index (χ4n) is 2.93. The second-order valence-electron chi connectivity index (χ2n) is 6.91. The lowest BCUT2D eigenvalue weighted by Gasteiger charge is -2.08. The zero-order chi connectivity index (χ0) is 22.5. The van der Waals surface area contributed by atoms with E-state index >= 15 is 0 Å². The van der Waals surface area contributed by atoms with E-state index in [1.54, 1.807) is 35.7 Å². The Balaban J connectivity index is 1.39. The minimum atomic E-state index is -0.547. The van der Waals surface area contributed by atoms with Crippen molar-refractivity contribution in [3.05, 3.63) is 106 Å². The van der Waals surface area contributed by atoms with Crippen LogP contribution in [0.2, 0.25) is 0 Å². The van der Waals surface area contributed by atoms with Crippen LogP contribution >= 0.6 is 11.3 Å². The molecule has 1 heterocycles. The monoisotopic (exact) mass is 454 g/mol. The zero-order valence-corrected chi connectivity index (χ0v) is 17.5. The average molecular weight is 454 g/mol. The second-order valence-corrected chi connectivity index (χ2v) is 7.77. The number of nitrogens with zero attached hydrogens (tertiary/aromatic N) is 1. The van der Waals surface area contributed by atoms with E-state index in [2.05, 4.69) is 10.3 Å². The molecule has 0 radical (unpaired) electrons. The number of carbonyl (C=O) groups excluding carboxylic acids is 1. The second kappa shape index (κ2) is 9.65. The Morgan fingerprint density at radius 2 is 1.75 bits per heavy atom. The number of thiazole rings is 1. The van der Waals surface area contributed by atoms with Gasteiger partial charge >= 0.3 is 0 Å². The molecular formula is C24H17F3N2O2S. The van der Waals surface area contributed by atoms with E-state index in [-0.39, 0.29) is 36.0 Å². The molecule has 4 nitrogen and oxygen atoms in total. The quantitative estimate of drug-likeness (QED) is 0.388. The summed E-state index contributed by atoms with van der Waals surface area (Å²) in [6.07, 6.45) is 0. The van der Waals surface area contributed by atoms with E-state index in [9.17, 15) is 18.0 Å². The smallest absolute Gasteiger partial charge is 0.271 e. The van der Waals surface area contributed by atoms with Gasteiger partial charge < -0.3 is 10.1 Å². The van der Waals surface area contributed by atoms with Gasteiger partial charge in [-0.25, -0.2) is 18.2 Å². The van der Waals surface area contributed by atoms with E-state index in [0.717, 1.165) is 16.9 Å². The van der Waals surface area contributed by atoms with Crippen LogP contribution in [0.15, 0.2) is 72.1 Å². The number of halogens is 3. The summed E-state index contributed by atoms with van der Waals surface area (Å²) in [5.74, 6) is -1.38. The normalized spacial score (nSPS) is 10.7. The Morgan fingerprint density at radius 3 is 2.50 bits per heavy atom. The summed E-state index contributed by atoms with van der Waals surface area (Å²) in [4.78, 5) is 16.6. The Morgan fingerprint density at radius 1 is 0.938 bits per heavy atom. The lowest BCUT2D eigenvalue weighted by atomic mass is 10.2. The SMILES string of the molecule is O=C(NCc1ccc(F)cc1)c1csc(-c2ccc(OCc3cccc(F)c3)cc2F)n1. The van der Waals surface area contributed by atoms with Crippen molar-refractivity contribution in [2.45, 2.75) is 13.2 Å². The Labute approximate surface area is 186 Å². The first-order chi connectivity index (χ1) is 15.5. The number of hydrogen-bond donors (Lipinski definition) is 1. The maximum Gasteiger partial charge on any atom is 0.271 e. The van der Waals surface area contributed by atoms with Crippen LogP contribution in [0.25, 0.3) is 10.6 Å². The van der Waals surface area contributed by atoms with Crippen LogP contribution in [-0.2, 0) is 13.2 Å². The van der Waals surface area contributed by atoms with Gasteiger partial charge in [0.25, 0.3) is 5.91 Å². The van der Waals surface area contributed by atoms with Gasteiger partial charge in [0.15, 0.2) is 0 Å². The summed E-state index contributed by atoms with van der Waals surface area (Å²) in [6.45, 7) is 0.323. The summed E-state index contributed by atoms with van der Waals surface area (Å²) in [5.41, 5.74) is 1.78. The van der Waals surface area contributed by atoms with E-state index in [0.29, 0.717) is 16.3 Å². The van der Waals surface area contributed by atoms with Gasteiger partial charge in [0.2, 0.25) is 0 Å². The van der Waals surface area contributed by atoms with Crippen LogP contribution in [0.4, 0.5) is 13.2 Å². The Kier molecular flexibility index (Phi) is 6.51. The van der Waals surface area contributed by atoms with Gasteiger partial charge in [0.05, 0.1) is 0 Å². The summed E-state index contributed by atoms with van der Waals surface area (Å²) < 4.78 is 46.4. The van der Waals surface area contributed by atoms with Gasteiger partial charge in [-0.1, -0.05) is 24.3 Å². The Bertz CT molecular complexity index is 1240. The van der Waals surface area contributed by atoms with Gasteiger partial charge in [0, 0.05) is 23.6 Å². The van der Waals surface area contributed by atoms with Crippen molar-refractivity contribution >= 4 is 17.2 Å². The zero-order valence-electron chi connectivity index (χ0n) is 16.6. The number of benzene rings is 3. The predicted octanol–water partition coefficient (Wildman–Crippen LogP) is 5.74. The first-order valence-corrected chi connectivity index (χ1v) is 10.5. The molecule has 0 saturated heterocycles. The first kappa shape index (κ1) is 21.6. The molecular weight excluding hydrogens is 437 g/mol. The van der Waals surface area contributed by atoms with Crippen LogP contribution < -0.4 is 10.1 Å². The van der Waals surface area contributed by atoms with Crippen molar-refractivity contribution in [3.8, 4) is 16.3 Å². The fraction of sp³-hybridized carbons (Fsp3) is 0.0833. The molecule has 8 heteroatoms. The van der Waals surface area contributed by atoms with Crippen molar-refractivity contribution < 1.29 is 22.7 Å². The highest BCUT2D eigenvalue weighted by atomic mass is 32.1. The average Bonchev–Trinajstić information content (AvgIpc) is 3.27. The lowest BCUT2D eigenvalue weighted by Crippen LogP contribution is -2.23. The number of aromatic nitrogens is 1. The lowest BCUT2D eigenvalue weighted by molar-refractivity contribution is 0.0946. The van der Waals surface area contributed by atoms with Gasteiger partial charge in [-0.05, 0) is 47.5 Å². The third-order valence-electron chi connectivity index (χ3n) is 4.57. The van der Waals surface area contributed by atoms with Gasteiger partial charge in [0.1, 0.15) is 40.5 Å². The third-order valence-corrected chi connectivity index (χ3v) is 5.44. The van der Waals surface area contributed by atoms with Gasteiger partial charge in [-0.2, -0.15) is 0 Å². The minimum absolute atomic E-state index is 0.103. The molecule has 0 spiro atoms. The van der Waals surface area contributed by atoms with Gasteiger partial charge in [-0.15, -0.1) is 11.3 Å². The molecule has 4 rings (SSSR count). The standard InChI is InChI=1S/C24H17F3N2O2S/c25-17-6-4-15(5-7-17)12-28-23(30)22-14-32-24(29-22)20-9-8-19(11-21(20)27)31-13-16-2-1-3-18(26)10-16/h1-11,14H,12-13H2,(H,28,30). The molecule has 0 saturated carbocycles. The molecule has 0 bridgehead atoms. The van der Waals surface area contributed by atoms with Crippen LogP contribution in [0.3, 0.4) is 0 Å². The molecule has 1 N–H and O–H groups in total. The van der Waals surface area contributed by atoms with Gasteiger partial charge in [-0.3, -0.25) is 4.79 Å². The third kappa shape index (κ3) is 5.33. The molecule has 1 amide bonds. The summed E-state index contributed by atoms with van der Waals surface area (Å²) in [6, 6.07) is 16.1. The number of amides is 1.